The van der Waals surface area contributed by atoms with Crippen LogP contribution in [0, 0.1) is 0 Å². The number of ether oxygens (including phenoxy) is 1. The SMILES string of the molecule is CCC(O)CCNC(=O)C(C)OC. The van der Waals surface area contributed by atoms with Crippen molar-refractivity contribution in [3.63, 3.8) is 0 Å². The molecular formula is C9H19NO3. The maximum atomic E-state index is 11.1. The minimum absolute atomic E-state index is 0.134. The summed E-state index contributed by atoms with van der Waals surface area (Å²) in [5.41, 5.74) is 0. The Hall–Kier alpha value is -0.610. The average molecular weight is 189 g/mol. The van der Waals surface area contributed by atoms with Crippen LogP contribution < -0.4 is 5.32 Å². The van der Waals surface area contributed by atoms with Crippen molar-refractivity contribution in [2.24, 2.45) is 0 Å². The lowest BCUT2D eigenvalue weighted by atomic mass is 10.2. The van der Waals surface area contributed by atoms with Crippen molar-refractivity contribution < 1.29 is 14.6 Å². The molecule has 0 fully saturated rings. The minimum atomic E-state index is -0.418. The Morgan fingerprint density at radius 1 is 1.62 bits per heavy atom. The van der Waals surface area contributed by atoms with Crippen LogP contribution in [0.4, 0.5) is 0 Å². The number of nitrogens with one attached hydrogen (secondary N) is 1. The van der Waals surface area contributed by atoms with Crippen LogP contribution in [0.3, 0.4) is 0 Å². The first-order valence-corrected chi connectivity index (χ1v) is 4.60. The highest BCUT2D eigenvalue weighted by Crippen LogP contribution is 1.95. The van der Waals surface area contributed by atoms with Gasteiger partial charge < -0.3 is 15.2 Å². The van der Waals surface area contributed by atoms with Gasteiger partial charge in [-0.25, -0.2) is 0 Å². The molecule has 4 nitrogen and oxygen atoms in total. The molecule has 2 atom stereocenters. The molecule has 2 unspecified atom stereocenters. The number of hydrogen-bond acceptors (Lipinski definition) is 3. The zero-order valence-corrected chi connectivity index (χ0v) is 8.54. The summed E-state index contributed by atoms with van der Waals surface area (Å²) in [7, 11) is 1.49. The second-order valence-corrected chi connectivity index (χ2v) is 3.02. The first-order chi connectivity index (χ1) is 6.11. The van der Waals surface area contributed by atoms with Gasteiger partial charge in [0.05, 0.1) is 6.10 Å². The Labute approximate surface area is 79.3 Å². The van der Waals surface area contributed by atoms with Gasteiger partial charge in [-0.1, -0.05) is 6.92 Å². The van der Waals surface area contributed by atoms with Gasteiger partial charge in [-0.05, 0) is 19.8 Å². The molecule has 0 saturated carbocycles. The molecule has 4 heteroatoms. The average Bonchev–Trinajstić information content (AvgIpc) is 2.15. The van der Waals surface area contributed by atoms with E-state index in [0.717, 1.165) is 6.42 Å². The summed E-state index contributed by atoms with van der Waals surface area (Å²) in [6.07, 6.45) is 0.575. The first kappa shape index (κ1) is 12.4. The zero-order chi connectivity index (χ0) is 10.3. The summed E-state index contributed by atoms with van der Waals surface area (Å²) >= 11 is 0. The highest BCUT2D eigenvalue weighted by molar-refractivity contribution is 5.80. The monoisotopic (exact) mass is 189 g/mol. The van der Waals surface area contributed by atoms with Crippen molar-refractivity contribution in [1.82, 2.24) is 5.32 Å². The fourth-order valence-electron chi connectivity index (χ4n) is 0.817. The molecule has 2 N–H and O–H groups in total. The summed E-state index contributed by atoms with van der Waals surface area (Å²) in [4.78, 5) is 11.1. The Morgan fingerprint density at radius 2 is 2.23 bits per heavy atom. The molecule has 0 aromatic rings. The molecule has 0 heterocycles. The third kappa shape index (κ3) is 5.60. The standard InChI is InChI=1S/C9H19NO3/c1-4-8(11)5-6-10-9(12)7(2)13-3/h7-8,11H,4-6H2,1-3H3,(H,10,12). The molecule has 0 aliphatic rings. The van der Waals surface area contributed by atoms with Gasteiger partial charge in [0.15, 0.2) is 0 Å². The summed E-state index contributed by atoms with van der Waals surface area (Å²) in [6, 6.07) is 0. The summed E-state index contributed by atoms with van der Waals surface area (Å²) in [5.74, 6) is -0.134. The maximum absolute atomic E-state index is 11.1. The molecule has 13 heavy (non-hydrogen) atoms. The van der Waals surface area contributed by atoms with Crippen molar-refractivity contribution in [2.45, 2.75) is 38.9 Å². The molecule has 0 rings (SSSR count). The number of aliphatic hydroxyl groups is 1. The van der Waals surface area contributed by atoms with E-state index in [1.807, 2.05) is 6.92 Å². The van der Waals surface area contributed by atoms with Crippen molar-refractivity contribution in [1.29, 1.82) is 0 Å². The van der Waals surface area contributed by atoms with E-state index >= 15 is 0 Å². The van der Waals surface area contributed by atoms with Crippen LogP contribution in [0.15, 0.2) is 0 Å². The summed E-state index contributed by atoms with van der Waals surface area (Å²) in [5, 5.41) is 11.9. The Kier molecular flexibility index (Phi) is 6.54. The summed E-state index contributed by atoms with van der Waals surface area (Å²) < 4.78 is 4.82. The lowest BCUT2D eigenvalue weighted by molar-refractivity contribution is -0.130. The Bertz CT molecular complexity index is 150. The van der Waals surface area contributed by atoms with Crippen LogP contribution in [0.5, 0.6) is 0 Å². The van der Waals surface area contributed by atoms with E-state index in [2.05, 4.69) is 5.32 Å². The third-order valence-electron chi connectivity index (χ3n) is 1.97. The molecule has 0 saturated heterocycles. The molecule has 78 valence electrons. The van der Waals surface area contributed by atoms with Crippen molar-refractivity contribution in [2.75, 3.05) is 13.7 Å². The van der Waals surface area contributed by atoms with E-state index in [1.165, 1.54) is 7.11 Å². The van der Waals surface area contributed by atoms with E-state index < -0.39 is 6.10 Å². The fraction of sp³-hybridized carbons (Fsp3) is 0.889. The quantitative estimate of drug-likeness (QED) is 0.631. The predicted octanol–water partition coefficient (Wildman–Crippen LogP) is 0.298. The van der Waals surface area contributed by atoms with Gasteiger partial charge in [0.25, 0.3) is 0 Å². The van der Waals surface area contributed by atoms with E-state index in [-0.39, 0.29) is 12.0 Å². The molecule has 0 aromatic heterocycles. The molecule has 0 radical (unpaired) electrons. The van der Waals surface area contributed by atoms with Crippen LogP contribution in [0.25, 0.3) is 0 Å². The molecule has 0 bridgehead atoms. The first-order valence-electron chi connectivity index (χ1n) is 4.60. The van der Waals surface area contributed by atoms with E-state index in [4.69, 9.17) is 4.74 Å². The van der Waals surface area contributed by atoms with Crippen LogP contribution in [-0.2, 0) is 9.53 Å². The number of rotatable bonds is 6. The van der Waals surface area contributed by atoms with Crippen LogP contribution in [0.2, 0.25) is 0 Å². The van der Waals surface area contributed by atoms with Gasteiger partial charge in [0, 0.05) is 13.7 Å². The van der Waals surface area contributed by atoms with Crippen LogP contribution in [-0.4, -0.2) is 36.9 Å². The van der Waals surface area contributed by atoms with E-state index in [1.54, 1.807) is 6.92 Å². The van der Waals surface area contributed by atoms with Gasteiger partial charge in [0.2, 0.25) is 5.91 Å². The summed E-state index contributed by atoms with van der Waals surface area (Å²) in [6.45, 7) is 4.09. The normalized spacial score (nSPS) is 15.1. The lowest BCUT2D eigenvalue weighted by Gasteiger charge is -2.11. The highest BCUT2D eigenvalue weighted by Gasteiger charge is 2.10. The smallest absolute Gasteiger partial charge is 0.248 e. The van der Waals surface area contributed by atoms with Gasteiger partial charge in [0.1, 0.15) is 6.10 Å². The van der Waals surface area contributed by atoms with Crippen molar-refractivity contribution in [3.05, 3.63) is 0 Å². The number of aliphatic hydroxyl groups excluding tert-OH is 1. The number of methoxy groups -OCH3 is 1. The van der Waals surface area contributed by atoms with Crippen LogP contribution in [0.1, 0.15) is 26.7 Å². The molecular weight excluding hydrogens is 170 g/mol. The van der Waals surface area contributed by atoms with Crippen molar-refractivity contribution in [3.8, 4) is 0 Å². The predicted molar refractivity (Wildman–Crippen MR) is 50.4 cm³/mol. The molecule has 0 aliphatic heterocycles. The van der Waals surface area contributed by atoms with Gasteiger partial charge in [-0.15, -0.1) is 0 Å². The van der Waals surface area contributed by atoms with Gasteiger partial charge >= 0.3 is 0 Å². The molecule has 0 aromatic carbocycles. The van der Waals surface area contributed by atoms with Gasteiger partial charge in [-0.2, -0.15) is 0 Å². The van der Waals surface area contributed by atoms with Crippen LogP contribution >= 0.6 is 0 Å². The highest BCUT2D eigenvalue weighted by atomic mass is 16.5. The second kappa shape index (κ2) is 6.86. The number of carbonyl (C=O) groups is 1. The minimum Gasteiger partial charge on any atom is -0.393 e. The molecule has 1 amide bonds. The van der Waals surface area contributed by atoms with Gasteiger partial charge in [-0.3, -0.25) is 4.79 Å². The largest absolute Gasteiger partial charge is 0.393 e. The van der Waals surface area contributed by atoms with Crippen molar-refractivity contribution >= 4 is 5.91 Å². The maximum Gasteiger partial charge on any atom is 0.248 e. The van der Waals surface area contributed by atoms with E-state index in [9.17, 15) is 9.90 Å². The lowest BCUT2D eigenvalue weighted by Crippen LogP contribution is -2.35. The Balaban J connectivity index is 3.47. The number of amides is 1. The van der Waals surface area contributed by atoms with E-state index in [0.29, 0.717) is 13.0 Å². The third-order valence-corrected chi connectivity index (χ3v) is 1.97. The fourth-order valence-corrected chi connectivity index (χ4v) is 0.817. The molecule has 0 aliphatic carbocycles. The number of hydrogen-bond donors (Lipinski definition) is 2. The second-order valence-electron chi connectivity index (χ2n) is 3.02. The zero-order valence-electron chi connectivity index (χ0n) is 8.54. The topological polar surface area (TPSA) is 58.6 Å². The Morgan fingerprint density at radius 3 is 2.69 bits per heavy atom. The number of carbonyl (C=O) groups excluding carboxylic acids is 1. The molecule has 0 spiro atoms.